The average molecular weight is 465 g/mol. The molecule has 0 spiro atoms. The van der Waals surface area contributed by atoms with Crippen LogP contribution in [0.5, 0.6) is 0 Å². The Bertz CT molecular complexity index is 1160. The Hall–Kier alpha value is -3.04. The van der Waals surface area contributed by atoms with Crippen LogP contribution in [0.2, 0.25) is 0 Å². The molecular weight excluding hydrogens is 432 g/mol. The van der Waals surface area contributed by atoms with E-state index in [0.29, 0.717) is 34.5 Å². The first-order chi connectivity index (χ1) is 16.4. The van der Waals surface area contributed by atoms with Crippen molar-refractivity contribution in [2.24, 2.45) is 0 Å². The monoisotopic (exact) mass is 464 g/mol. The van der Waals surface area contributed by atoms with Crippen molar-refractivity contribution in [3.05, 3.63) is 48.0 Å². The number of hydrogen-bond acceptors (Lipinski definition) is 7. The molecule has 9 nitrogen and oxygen atoms in total. The molecule has 2 aromatic heterocycles. The predicted molar refractivity (Wildman–Crippen MR) is 129 cm³/mol. The van der Waals surface area contributed by atoms with Gasteiger partial charge in [-0.2, -0.15) is 0 Å². The molecule has 1 saturated carbocycles. The number of amides is 1. The van der Waals surface area contributed by atoms with Gasteiger partial charge in [0.2, 0.25) is 0 Å². The van der Waals surface area contributed by atoms with Crippen LogP contribution in [0.4, 0.5) is 5.82 Å². The number of hydrogen-bond donors (Lipinski definition) is 3. The molecule has 0 bridgehead atoms. The van der Waals surface area contributed by atoms with Crippen molar-refractivity contribution in [3.63, 3.8) is 0 Å². The number of aromatic nitrogens is 4. The number of carbonyl (C=O) groups excluding carboxylic acids is 1. The fraction of sp³-hybridized carbons (Fsp3) is 0.520. The molecular formula is C25H32N6O3. The zero-order valence-corrected chi connectivity index (χ0v) is 19.8. The number of aliphatic hydroxyl groups is 1. The van der Waals surface area contributed by atoms with E-state index in [-0.39, 0.29) is 5.91 Å². The first-order valence-electron chi connectivity index (χ1n) is 12.1. The molecule has 1 amide bonds. The summed E-state index contributed by atoms with van der Waals surface area (Å²) in [4.78, 5) is 26.2. The zero-order valence-electron chi connectivity index (χ0n) is 19.8. The van der Waals surface area contributed by atoms with Crippen molar-refractivity contribution < 1.29 is 14.6 Å². The molecule has 34 heavy (non-hydrogen) atoms. The van der Waals surface area contributed by atoms with E-state index < -0.39 is 24.5 Å². The normalized spacial score (nSPS) is 25.3. The zero-order chi connectivity index (χ0) is 23.8. The molecule has 9 heteroatoms. The van der Waals surface area contributed by atoms with Gasteiger partial charge in [-0.25, -0.2) is 15.0 Å². The van der Waals surface area contributed by atoms with Crippen LogP contribution in [0.1, 0.15) is 74.5 Å². The minimum atomic E-state index is -0.965. The van der Waals surface area contributed by atoms with Gasteiger partial charge in [-0.3, -0.25) is 9.36 Å². The number of aliphatic hydroxyl groups excluding tert-OH is 1. The third kappa shape index (κ3) is 4.25. The summed E-state index contributed by atoms with van der Waals surface area (Å²) in [5.74, 6) is 0.854. The van der Waals surface area contributed by atoms with Crippen LogP contribution in [-0.2, 0) is 4.74 Å². The second-order valence-electron chi connectivity index (χ2n) is 9.67. The Balaban J connectivity index is 1.33. The molecule has 3 N–H and O–H groups in total. The largest absolute Gasteiger partial charge is 0.386 e. The summed E-state index contributed by atoms with van der Waals surface area (Å²) in [5.41, 5.74) is 2.96. The van der Waals surface area contributed by atoms with Gasteiger partial charge in [-0.15, -0.1) is 0 Å². The lowest BCUT2D eigenvalue weighted by Crippen LogP contribution is -2.46. The third-order valence-corrected chi connectivity index (χ3v) is 6.99. The van der Waals surface area contributed by atoms with E-state index in [2.05, 4.69) is 39.4 Å². The number of anilines is 1. The highest BCUT2D eigenvalue weighted by atomic mass is 16.5. The lowest BCUT2D eigenvalue weighted by Gasteiger charge is -2.20. The van der Waals surface area contributed by atoms with Crippen molar-refractivity contribution >= 4 is 22.9 Å². The fourth-order valence-electron chi connectivity index (χ4n) is 4.93. The van der Waals surface area contributed by atoms with Crippen molar-refractivity contribution in [2.75, 3.05) is 5.32 Å². The van der Waals surface area contributed by atoms with Crippen LogP contribution in [0.15, 0.2) is 36.9 Å². The molecule has 3 aromatic rings. The summed E-state index contributed by atoms with van der Waals surface area (Å²) < 4.78 is 7.80. The van der Waals surface area contributed by atoms with Gasteiger partial charge >= 0.3 is 0 Å². The van der Waals surface area contributed by atoms with Gasteiger partial charge in [0, 0.05) is 11.6 Å². The van der Waals surface area contributed by atoms with E-state index in [1.54, 1.807) is 10.9 Å². The summed E-state index contributed by atoms with van der Waals surface area (Å²) in [6.07, 6.45) is 5.72. The minimum absolute atomic E-state index is 0.240. The molecule has 4 atom stereocenters. The van der Waals surface area contributed by atoms with Crippen molar-refractivity contribution in [1.29, 1.82) is 0 Å². The molecule has 1 aliphatic carbocycles. The molecule has 180 valence electrons. The lowest BCUT2D eigenvalue weighted by atomic mass is 10.0. The van der Waals surface area contributed by atoms with Gasteiger partial charge in [0.25, 0.3) is 5.91 Å². The summed E-state index contributed by atoms with van der Waals surface area (Å²) >= 11 is 0. The van der Waals surface area contributed by atoms with Crippen molar-refractivity contribution in [1.82, 2.24) is 24.8 Å². The van der Waals surface area contributed by atoms with E-state index in [4.69, 9.17) is 4.74 Å². The summed E-state index contributed by atoms with van der Waals surface area (Å²) in [7, 11) is 0. The number of ether oxygens (including phenoxy) is 1. The predicted octanol–water partition coefficient (Wildman–Crippen LogP) is 3.38. The third-order valence-electron chi connectivity index (χ3n) is 6.99. The number of imidazole rings is 1. The summed E-state index contributed by atoms with van der Waals surface area (Å²) in [5, 5.41) is 17.5. The highest BCUT2D eigenvalue weighted by Gasteiger charge is 2.44. The number of carbonyl (C=O) groups is 1. The number of nitrogens with zero attached hydrogens (tertiary/aromatic N) is 4. The first kappa shape index (κ1) is 22.7. The molecule has 0 radical (unpaired) electrons. The summed E-state index contributed by atoms with van der Waals surface area (Å²) in [6, 6.07) is 7.37. The van der Waals surface area contributed by atoms with E-state index in [1.165, 1.54) is 24.7 Å². The maximum Gasteiger partial charge on any atom is 0.251 e. The standard InChI is InChI=1S/C25H32N6O3/c1-14(2)16-8-10-17(11-9-16)24(33)30-19-15(3)34-25(21(19)32)31-13-28-20-22(26-12-27-23(20)31)29-18-6-4-5-7-18/h8-15,18-19,21,25,32H,4-7H2,1-3H3,(H,30,33)(H,26,27,29)/t15-,19+,21-,25-/m1/s1. The SMILES string of the molecule is CC(C)c1ccc(C(=O)N[C@@H]2[C@@H](O)[C@H](n3cnc4c(NC5CCCC5)ncnc43)O[C@@H]2C)cc1. The molecule has 2 fully saturated rings. The second kappa shape index (κ2) is 9.31. The fourth-order valence-corrected chi connectivity index (χ4v) is 4.93. The molecule has 1 aromatic carbocycles. The second-order valence-corrected chi connectivity index (χ2v) is 9.67. The molecule has 1 saturated heterocycles. The lowest BCUT2D eigenvalue weighted by molar-refractivity contribution is -0.0297. The topological polar surface area (TPSA) is 114 Å². The van der Waals surface area contributed by atoms with Gasteiger partial charge in [0.05, 0.1) is 18.5 Å². The van der Waals surface area contributed by atoms with E-state index in [0.717, 1.165) is 12.8 Å². The molecule has 2 aliphatic rings. The highest BCUT2D eigenvalue weighted by Crippen LogP contribution is 2.33. The minimum Gasteiger partial charge on any atom is -0.386 e. The summed E-state index contributed by atoms with van der Waals surface area (Å²) in [6.45, 7) is 6.07. The first-order valence-corrected chi connectivity index (χ1v) is 12.1. The van der Waals surface area contributed by atoms with Crippen LogP contribution >= 0.6 is 0 Å². The van der Waals surface area contributed by atoms with Gasteiger partial charge in [0.15, 0.2) is 23.2 Å². The Labute approximate surface area is 199 Å². The number of rotatable bonds is 6. The van der Waals surface area contributed by atoms with Crippen LogP contribution in [0, 0.1) is 0 Å². The van der Waals surface area contributed by atoms with Crippen molar-refractivity contribution in [3.8, 4) is 0 Å². The quantitative estimate of drug-likeness (QED) is 0.512. The maximum absolute atomic E-state index is 12.9. The van der Waals surface area contributed by atoms with Gasteiger partial charge in [0.1, 0.15) is 12.4 Å². The molecule has 3 heterocycles. The molecule has 1 aliphatic heterocycles. The van der Waals surface area contributed by atoms with E-state index >= 15 is 0 Å². The van der Waals surface area contributed by atoms with Crippen LogP contribution in [0.25, 0.3) is 11.2 Å². The van der Waals surface area contributed by atoms with Gasteiger partial charge in [-0.05, 0) is 43.4 Å². The van der Waals surface area contributed by atoms with Crippen LogP contribution in [0.3, 0.4) is 0 Å². The number of nitrogens with one attached hydrogen (secondary N) is 2. The van der Waals surface area contributed by atoms with E-state index in [1.807, 2.05) is 31.2 Å². The smallest absolute Gasteiger partial charge is 0.251 e. The molecule has 5 rings (SSSR count). The van der Waals surface area contributed by atoms with Crippen molar-refractivity contribution in [2.45, 2.75) is 82.9 Å². The van der Waals surface area contributed by atoms with Crippen LogP contribution < -0.4 is 10.6 Å². The Morgan fingerprint density at radius 2 is 1.88 bits per heavy atom. The highest BCUT2D eigenvalue weighted by molar-refractivity contribution is 5.94. The maximum atomic E-state index is 12.9. The van der Waals surface area contributed by atoms with Crippen LogP contribution in [-0.4, -0.2) is 54.8 Å². The Morgan fingerprint density at radius 1 is 1.15 bits per heavy atom. The average Bonchev–Trinajstić information content (AvgIpc) is 3.56. The van der Waals surface area contributed by atoms with E-state index in [9.17, 15) is 9.90 Å². The Kier molecular flexibility index (Phi) is 6.22. The number of benzene rings is 1. The van der Waals surface area contributed by atoms with Gasteiger partial charge < -0.3 is 20.5 Å². The Morgan fingerprint density at radius 3 is 2.59 bits per heavy atom. The van der Waals surface area contributed by atoms with Gasteiger partial charge in [-0.1, -0.05) is 38.8 Å². The molecule has 0 unspecified atom stereocenters. The number of fused-ring (bicyclic) bond motifs is 1.